The van der Waals surface area contributed by atoms with Gasteiger partial charge in [-0.15, -0.1) is 0 Å². The molecule has 0 aliphatic rings. The highest BCUT2D eigenvalue weighted by Gasteiger charge is 2.12. The molecule has 0 unspecified atom stereocenters. The second-order valence-electron chi connectivity index (χ2n) is 5.70. The number of aryl methyl sites for hydroxylation is 1. The molecule has 3 heteroatoms. The smallest absolute Gasteiger partial charge is 0.150 e. The number of para-hydroxylation sites is 1. The van der Waals surface area contributed by atoms with Crippen LogP contribution in [0.15, 0.2) is 89.9 Å². The van der Waals surface area contributed by atoms with Crippen molar-refractivity contribution in [3.8, 4) is 0 Å². The summed E-state index contributed by atoms with van der Waals surface area (Å²) >= 11 is 0. The number of nitrogens with two attached hydrogens (primary N) is 1. The lowest BCUT2D eigenvalue weighted by molar-refractivity contribution is 1.02. The molecule has 0 fully saturated rings. The maximum Gasteiger partial charge on any atom is 0.150 e. The number of aliphatic imine (C=N–C) groups is 1. The van der Waals surface area contributed by atoms with Crippen LogP contribution in [0, 0.1) is 6.92 Å². The highest BCUT2D eigenvalue weighted by Crippen LogP contribution is 2.16. The van der Waals surface area contributed by atoms with Gasteiger partial charge in [-0.25, -0.2) is 5.84 Å². The van der Waals surface area contributed by atoms with Gasteiger partial charge in [0, 0.05) is 5.56 Å². The Morgan fingerprint density at radius 3 is 2.21 bits per heavy atom. The summed E-state index contributed by atoms with van der Waals surface area (Å²) in [5.41, 5.74) is 4.26. The zero-order chi connectivity index (χ0) is 16.8. The van der Waals surface area contributed by atoms with E-state index >= 15 is 0 Å². The molecule has 0 amide bonds. The molecular formula is C21H21N3. The van der Waals surface area contributed by atoms with Crippen LogP contribution in [0.4, 0.5) is 5.69 Å². The molecule has 0 aliphatic carbocycles. The fraction of sp³-hybridized carbons (Fsp3) is 0.0952. The molecule has 3 nitrogen and oxygen atoms in total. The quantitative estimate of drug-likeness (QED) is 0.337. The number of benzene rings is 3. The van der Waals surface area contributed by atoms with Gasteiger partial charge in [0.05, 0.1) is 12.2 Å². The van der Waals surface area contributed by atoms with Crippen LogP contribution in [0.3, 0.4) is 0 Å². The third kappa shape index (κ3) is 3.89. The van der Waals surface area contributed by atoms with Crippen LogP contribution in [-0.2, 0) is 6.54 Å². The first-order valence-corrected chi connectivity index (χ1v) is 7.99. The Hall–Kier alpha value is -2.91. The van der Waals surface area contributed by atoms with Crippen LogP contribution in [0.25, 0.3) is 0 Å². The molecule has 24 heavy (non-hydrogen) atoms. The van der Waals surface area contributed by atoms with E-state index in [-0.39, 0.29) is 0 Å². The van der Waals surface area contributed by atoms with E-state index in [2.05, 4.69) is 31.2 Å². The number of amidine groups is 1. The van der Waals surface area contributed by atoms with E-state index in [0.717, 1.165) is 22.6 Å². The summed E-state index contributed by atoms with van der Waals surface area (Å²) in [6.45, 7) is 2.66. The maximum absolute atomic E-state index is 6.39. The molecule has 3 aromatic rings. The van der Waals surface area contributed by atoms with Crippen LogP contribution in [0.2, 0.25) is 0 Å². The molecule has 0 atom stereocenters. The van der Waals surface area contributed by atoms with Gasteiger partial charge in [0.25, 0.3) is 0 Å². The minimum atomic E-state index is 0.588. The number of hydrazine groups is 1. The lowest BCUT2D eigenvalue weighted by atomic mass is 10.1. The summed E-state index contributed by atoms with van der Waals surface area (Å²) in [6.07, 6.45) is 0. The van der Waals surface area contributed by atoms with Gasteiger partial charge in [-0.1, -0.05) is 72.3 Å². The number of nitrogens with zero attached hydrogens (tertiary/aromatic N) is 2. The maximum atomic E-state index is 6.39. The molecule has 3 rings (SSSR count). The van der Waals surface area contributed by atoms with E-state index in [9.17, 15) is 0 Å². The van der Waals surface area contributed by atoms with Crippen LogP contribution < -0.4 is 10.9 Å². The average Bonchev–Trinajstić information content (AvgIpc) is 2.63. The third-order valence-corrected chi connectivity index (χ3v) is 3.79. The number of anilines is 1. The van der Waals surface area contributed by atoms with Gasteiger partial charge in [-0.05, 0) is 30.7 Å². The van der Waals surface area contributed by atoms with E-state index in [1.807, 2.05) is 60.7 Å². The van der Waals surface area contributed by atoms with Crippen molar-refractivity contribution in [1.29, 1.82) is 0 Å². The van der Waals surface area contributed by atoms with Gasteiger partial charge >= 0.3 is 0 Å². The Morgan fingerprint density at radius 2 is 1.54 bits per heavy atom. The van der Waals surface area contributed by atoms with Crippen molar-refractivity contribution in [2.45, 2.75) is 13.5 Å². The fourth-order valence-corrected chi connectivity index (χ4v) is 2.55. The molecule has 2 N–H and O–H groups in total. The largest absolute Gasteiger partial charge is 0.262 e. The van der Waals surface area contributed by atoms with Gasteiger partial charge < -0.3 is 0 Å². The molecule has 0 saturated carbocycles. The Morgan fingerprint density at radius 1 is 0.875 bits per heavy atom. The molecule has 3 aromatic carbocycles. The van der Waals surface area contributed by atoms with Gasteiger partial charge in [-0.3, -0.25) is 10.0 Å². The summed E-state index contributed by atoms with van der Waals surface area (Å²) in [5, 5.41) is 1.65. The predicted molar refractivity (Wildman–Crippen MR) is 101 cm³/mol. The summed E-state index contributed by atoms with van der Waals surface area (Å²) in [6, 6.07) is 28.3. The fourth-order valence-electron chi connectivity index (χ4n) is 2.55. The Kier molecular flexibility index (Phi) is 5.04. The topological polar surface area (TPSA) is 41.6 Å². The highest BCUT2D eigenvalue weighted by atomic mass is 15.4. The lowest BCUT2D eigenvalue weighted by Crippen LogP contribution is -2.38. The minimum absolute atomic E-state index is 0.588. The predicted octanol–water partition coefficient (Wildman–Crippen LogP) is 4.32. The zero-order valence-electron chi connectivity index (χ0n) is 13.8. The first kappa shape index (κ1) is 16.0. The normalized spacial score (nSPS) is 11.3. The highest BCUT2D eigenvalue weighted by molar-refractivity contribution is 6.09. The molecule has 120 valence electrons. The molecule has 0 radical (unpaired) electrons. The second kappa shape index (κ2) is 7.57. The van der Waals surface area contributed by atoms with E-state index < -0.39 is 0 Å². The number of hydrogen-bond acceptors (Lipinski definition) is 2. The Bertz CT molecular complexity index is 811. The van der Waals surface area contributed by atoms with Crippen molar-refractivity contribution in [1.82, 2.24) is 0 Å². The molecule has 0 aromatic heterocycles. The van der Waals surface area contributed by atoms with E-state index in [4.69, 9.17) is 10.8 Å². The van der Waals surface area contributed by atoms with Gasteiger partial charge in [0.15, 0.2) is 0 Å². The second-order valence-corrected chi connectivity index (χ2v) is 5.70. The van der Waals surface area contributed by atoms with E-state index in [1.165, 1.54) is 5.56 Å². The van der Waals surface area contributed by atoms with Gasteiger partial charge in [0.1, 0.15) is 5.84 Å². The molecule has 0 heterocycles. The molecule has 0 aliphatic heterocycles. The Balaban J connectivity index is 1.97. The van der Waals surface area contributed by atoms with Crippen LogP contribution >= 0.6 is 0 Å². The van der Waals surface area contributed by atoms with Crippen molar-refractivity contribution in [2.24, 2.45) is 10.8 Å². The van der Waals surface area contributed by atoms with Crippen LogP contribution in [0.5, 0.6) is 0 Å². The van der Waals surface area contributed by atoms with E-state index in [0.29, 0.717) is 6.54 Å². The summed E-state index contributed by atoms with van der Waals surface area (Å²) in [4.78, 5) is 4.80. The van der Waals surface area contributed by atoms with Crippen LogP contribution in [-0.4, -0.2) is 5.84 Å². The summed E-state index contributed by atoms with van der Waals surface area (Å²) in [5.74, 6) is 7.15. The lowest BCUT2D eigenvalue weighted by Gasteiger charge is -2.21. The molecular weight excluding hydrogens is 294 g/mol. The van der Waals surface area contributed by atoms with Crippen molar-refractivity contribution >= 4 is 11.5 Å². The minimum Gasteiger partial charge on any atom is -0.262 e. The van der Waals surface area contributed by atoms with Gasteiger partial charge in [-0.2, -0.15) is 0 Å². The first-order valence-electron chi connectivity index (χ1n) is 7.99. The zero-order valence-corrected chi connectivity index (χ0v) is 13.8. The van der Waals surface area contributed by atoms with Crippen molar-refractivity contribution in [3.05, 3.63) is 102 Å². The first-order chi connectivity index (χ1) is 11.7. The van der Waals surface area contributed by atoms with Crippen LogP contribution in [0.1, 0.15) is 16.7 Å². The number of rotatable bonds is 4. The Labute approximate surface area is 143 Å². The molecule has 0 bridgehead atoms. The summed E-state index contributed by atoms with van der Waals surface area (Å²) < 4.78 is 0. The molecule has 0 saturated heterocycles. The average molecular weight is 315 g/mol. The molecule has 0 spiro atoms. The standard InChI is InChI=1S/C21H21N3/c1-17-9-8-12-19(15-17)21(23-16-18-10-4-2-5-11-18)24(22)20-13-6-3-7-14-20/h2-15H,16,22H2,1H3/b23-21-. The van der Waals surface area contributed by atoms with Crippen molar-refractivity contribution in [2.75, 3.05) is 5.01 Å². The summed E-state index contributed by atoms with van der Waals surface area (Å²) in [7, 11) is 0. The monoisotopic (exact) mass is 315 g/mol. The third-order valence-electron chi connectivity index (χ3n) is 3.79. The van der Waals surface area contributed by atoms with E-state index in [1.54, 1.807) is 5.01 Å². The van der Waals surface area contributed by atoms with Crippen molar-refractivity contribution < 1.29 is 0 Å². The van der Waals surface area contributed by atoms with Crippen molar-refractivity contribution in [3.63, 3.8) is 0 Å². The van der Waals surface area contributed by atoms with Gasteiger partial charge in [0.2, 0.25) is 0 Å². The SMILES string of the molecule is Cc1cccc(/C(=N/Cc2ccccc2)N(N)c2ccccc2)c1. The number of hydrogen-bond donors (Lipinski definition) is 1.